The predicted molar refractivity (Wildman–Crippen MR) is 64.9 cm³/mol. The van der Waals surface area contributed by atoms with Gasteiger partial charge in [-0.05, 0) is 53.1 Å². The monoisotopic (exact) mass is 280 g/mol. The highest BCUT2D eigenvalue weighted by Gasteiger charge is 2.47. The van der Waals surface area contributed by atoms with Crippen LogP contribution in [-0.4, -0.2) is 10.9 Å². The number of nitrogens with zero attached hydrogens (tertiary/aromatic N) is 1. The maximum atomic E-state index is 12.0. The Bertz CT molecular complexity index is 425. The fourth-order valence-corrected chi connectivity index (χ4v) is 2.99. The molecule has 2 saturated carbocycles. The lowest BCUT2D eigenvalue weighted by atomic mass is 10.0. The van der Waals surface area contributed by atoms with Gasteiger partial charge in [0.2, 0.25) is 5.91 Å². The van der Waals surface area contributed by atoms with E-state index < -0.39 is 0 Å². The van der Waals surface area contributed by atoms with Crippen molar-refractivity contribution < 1.29 is 4.79 Å². The van der Waals surface area contributed by atoms with Gasteiger partial charge in [-0.25, -0.2) is 0 Å². The molecule has 16 heavy (non-hydrogen) atoms. The largest absolute Gasteiger partial charge is 0.325 e. The van der Waals surface area contributed by atoms with Crippen molar-refractivity contribution in [3.8, 4) is 0 Å². The molecule has 1 aromatic heterocycles. The number of aromatic nitrogens is 1. The number of hydrogen-bond donors (Lipinski definition) is 1. The highest BCUT2D eigenvalue weighted by atomic mass is 79.9. The number of pyridine rings is 1. The lowest BCUT2D eigenvalue weighted by Gasteiger charge is -2.12. The Balaban J connectivity index is 1.66. The zero-order valence-electron chi connectivity index (χ0n) is 8.82. The van der Waals surface area contributed by atoms with Crippen molar-refractivity contribution in [1.82, 2.24) is 4.98 Å². The molecule has 2 unspecified atom stereocenters. The van der Waals surface area contributed by atoms with E-state index in [1.165, 1.54) is 6.42 Å². The smallest absolute Gasteiger partial charge is 0.227 e. The third-order valence-corrected chi connectivity index (χ3v) is 4.28. The number of carbonyl (C=O) groups excluding carboxylic acids is 1. The maximum Gasteiger partial charge on any atom is 0.227 e. The first-order chi connectivity index (χ1) is 7.74. The van der Waals surface area contributed by atoms with Gasteiger partial charge in [0.15, 0.2) is 0 Å². The molecule has 2 aliphatic rings. The number of nitrogens with one attached hydrogen (secondary N) is 1. The molecule has 3 rings (SSSR count). The standard InChI is InChI=1S/C12H13BrN2O/c13-10-6-14-2-1-11(10)15-12(16)9-4-7-3-8(7)5-9/h1-2,6-9H,3-5H2,(H,14,15,16). The minimum Gasteiger partial charge on any atom is -0.325 e. The predicted octanol–water partition coefficient (Wildman–Crippen LogP) is 2.83. The number of amides is 1. The Hall–Kier alpha value is -0.900. The number of halogens is 1. The van der Waals surface area contributed by atoms with E-state index in [0.29, 0.717) is 0 Å². The molecule has 1 N–H and O–H groups in total. The summed E-state index contributed by atoms with van der Waals surface area (Å²) in [4.78, 5) is 16.0. The molecule has 2 fully saturated rings. The Morgan fingerprint density at radius 1 is 1.38 bits per heavy atom. The van der Waals surface area contributed by atoms with Gasteiger partial charge < -0.3 is 5.32 Å². The van der Waals surface area contributed by atoms with Gasteiger partial charge >= 0.3 is 0 Å². The lowest BCUT2D eigenvalue weighted by Crippen LogP contribution is -2.21. The van der Waals surface area contributed by atoms with E-state index in [9.17, 15) is 4.79 Å². The topological polar surface area (TPSA) is 42.0 Å². The first-order valence-corrected chi connectivity index (χ1v) is 6.43. The molecule has 1 amide bonds. The molecule has 0 aliphatic heterocycles. The van der Waals surface area contributed by atoms with Crippen molar-refractivity contribution in [3.05, 3.63) is 22.9 Å². The summed E-state index contributed by atoms with van der Waals surface area (Å²) in [5, 5.41) is 2.97. The molecule has 0 radical (unpaired) electrons. The molecule has 2 aliphatic carbocycles. The third kappa shape index (κ3) is 1.86. The zero-order valence-corrected chi connectivity index (χ0v) is 10.4. The van der Waals surface area contributed by atoms with Crippen molar-refractivity contribution in [2.75, 3.05) is 5.32 Å². The second kappa shape index (κ2) is 3.84. The molecule has 4 heteroatoms. The summed E-state index contributed by atoms with van der Waals surface area (Å²) in [6.07, 6.45) is 6.90. The Morgan fingerprint density at radius 3 is 2.81 bits per heavy atom. The van der Waals surface area contributed by atoms with Crippen LogP contribution >= 0.6 is 15.9 Å². The van der Waals surface area contributed by atoms with E-state index in [1.807, 2.05) is 6.07 Å². The minimum atomic E-state index is 0.166. The number of rotatable bonds is 2. The van der Waals surface area contributed by atoms with Crippen molar-refractivity contribution >= 4 is 27.5 Å². The van der Waals surface area contributed by atoms with Crippen molar-refractivity contribution in [1.29, 1.82) is 0 Å². The van der Waals surface area contributed by atoms with Crippen molar-refractivity contribution in [2.24, 2.45) is 17.8 Å². The average Bonchev–Trinajstić information content (AvgIpc) is 2.89. The molecule has 2 atom stereocenters. The summed E-state index contributed by atoms with van der Waals surface area (Å²) in [6.45, 7) is 0. The van der Waals surface area contributed by atoms with E-state index in [-0.39, 0.29) is 11.8 Å². The number of carbonyl (C=O) groups is 1. The van der Waals surface area contributed by atoms with Crippen LogP contribution in [-0.2, 0) is 4.79 Å². The van der Waals surface area contributed by atoms with Gasteiger partial charge in [-0.15, -0.1) is 0 Å². The Morgan fingerprint density at radius 2 is 2.12 bits per heavy atom. The highest BCUT2D eigenvalue weighted by Crippen LogP contribution is 2.54. The third-order valence-electron chi connectivity index (χ3n) is 3.64. The minimum absolute atomic E-state index is 0.166. The molecule has 1 heterocycles. The Kier molecular flexibility index (Phi) is 2.46. The molecular weight excluding hydrogens is 268 g/mol. The molecule has 0 saturated heterocycles. The van der Waals surface area contributed by atoms with Crippen LogP contribution < -0.4 is 5.32 Å². The van der Waals surface area contributed by atoms with Gasteiger partial charge in [0.25, 0.3) is 0 Å². The van der Waals surface area contributed by atoms with Crippen molar-refractivity contribution in [3.63, 3.8) is 0 Å². The number of anilines is 1. The molecule has 1 aromatic rings. The van der Waals surface area contributed by atoms with Crippen molar-refractivity contribution in [2.45, 2.75) is 19.3 Å². The van der Waals surface area contributed by atoms with Gasteiger partial charge in [-0.3, -0.25) is 9.78 Å². The first kappa shape index (κ1) is 10.3. The van der Waals surface area contributed by atoms with E-state index in [4.69, 9.17) is 0 Å². The zero-order chi connectivity index (χ0) is 11.1. The van der Waals surface area contributed by atoms with Crippen LogP contribution in [0.15, 0.2) is 22.9 Å². The number of hydrogen-bond acceptors (Lipinski definition) is 2. The van der Waals surface area contributed by atoms with Crippen LogP contribution in [0.3, 0.4) is 0 Å². The maximum absolute atomic E-state index is 12.0. The molecule has 0 spiro atoms. The van der Waals surface area contributed by atoms with Crippen LogP contribution in [0.1, 0.15) is 19.3 Å². The van der Waals surface area contributed by atoms with E-state index in [1.54, 1.807) is 12.4 Å². The average molecular weight is 281 g/mol. The van der Waals surface area contributed by atoms with Gasteiger partial charge in [0.05, 0.1) is 10.2 Å². The molecular formula is C12H13BrN2O. The van der Waals surface area contributed by atoms with Crippen LogP contribution in [0.25, 0.3) is 0 Å². The van der Waals surface area contributed by atoms with Gasteiger partial charge in [0, 0.05) is 18.3 Å². The molecule has 84 valence electrons. The van der Waals surface area contributed by atoms with E-state index in [2.05, 4.69) is 26.2 Å². The van der Waals surface area contributed by atoms with Gasteiger partial charge in [0.1, 0.15) is 0 Å². The van der Waals surface area contributed by atoms with E-state index >= 15 is 0 Å². The van der Waals surface area contributed by atoms with Crippen LogP contribution in [0.5, 0.6) is 0 Å². The lowest BCUT2D eigenvalue weighted by molar-refractivity contribution is -0.120. The fourth-order valence-electron chi connectivity index (χ4n) is 2.64. The Labute approximate surface area is 103 Å². The van der Waals surface area contributed by atoms with Crippen LogP contribution in [0, 0.1) is 17.8 Å². The van der Waals surface area contributed by atoms with Gasteiger partial charge in [-0.2, -0.15) is 0 Å². The summed E-state index contributed by atoms with van der Waals surface area (Å²) in [7, 11) is 0. The van der Waals surface area contributed by atoms with Crippen LogP contribution in [0.4, 0.5) is 5.69 Å². The molecule has 3 nitrogen and oxygen atoms in total. The van der Waals surface area contributed by atoms with Gasteiger partial charge in [-0.1, -0.05) is 0 Å². The highest BCUT2D eigenvalue weighted by molar-refractivity contribution is 9.10. The SMILES string of the molecule is O=C(Nc1ccncc1Br)C1CC2CC2C1. The molecule has 0 bridgehead atoms. The second-order valence-electron chi connectivity index (χ2n) is 4.77. The fraction of sp³-hybridized carbons (Fsp3) is 0.500. The number of fused-ring (bicyclic) bond motifs is 1. The summed E-state index contributed by atoms with van der Waals surface area (Å²) in [5.41, 5.74) is 0.820. The van der Waals surface area contributed by atoms with E-state index in [0.717, 1.165) is 34.8 Å². The quantitative estimate of drug-likeness (QED) is 0.905. The summed E-state index contributed by atoms with van der Waals surface area (Å²) < 4.78 is 0.839. The summed E-state index contributed by atoms with van der Waals surface area (Å²) in [5.74, 6) is 2.08. The molecule has 0 aromatic carbocycles. The summed E-state index contributed by atoms with van der Waals surface area (Å²) in [6, 6.07) is 1.82. The van der Waals surface area contributed by atoms with Crippen LogP contribution in [0.2, 0.25) is 0 Å². The summed E-state index contributed by atoms with van der Waals surface area (Å²) >= 11 is 3.38. The first-order valence-electron chi connectivity index (χ1n) is 5.64. The second-order valence-corrected chi connectivity index (χ2v) is 5.62. The normalized spacial score (nSPS) is 30.9.